The van der Waals surface area contributed by atoms with Gasteiger partial charge in [-0.3, -0.25) is 4.68 Å². The van der Waals surface area contributed by atoms with E-state index in [4.69, 9.17) is 0 Å². The van der Waals surface area contributed by atoms with Gasteiger partial charge in [0.1, 0.15) is 5.75 Å². The maximum absolute atomic E-state index is 9.49. The van der Waals surface area contributed by atoms with Crippen LogP contribution in [-0.2, 0) is 19.4 Å². The van der Waals surface area contributed by atoms with Crippen LogP contribution in [0, 0.1) is 0 Å². The van der Waals surface area contributed by atoms with E-state index in [2.05, 4.69) is 27.2 Å². The first-order valence-corrected chi connectivity index (χ1v) is 6.84. The molecule has 17 heavy (non-hydrogen) atoms. The van der Waals surface area contributed by atoms with Crippen LogP contribution in [0.3, 0.4) is 0 Å². The summed E-state index contributed by atoms with van der Waals surface area (Å²) in [5.74, 6) is 0.340. The highest BCUT2D eigenvalue weighted by Crippen LogP contribution is 2.33. The van der Waals surface area contributed by atoms with Gasteiger partial charge in [-0.15, -0.1) is 0 Å². The van der Waals surface area contributed by atoms with Gasteiger partial charge in [-0.25, -0.2) is 0 Å². The molecule has 1 aromatic heterocycles. The molecule has 0 bridgehead atoms. The van der Waals surface area contributed by atoms with E-state index in [1.807, 2.05) is 16.8 Å². The topological polar surface area (TPSA) is 38.0 Å². The summed E-state index contributed by atoms with van der Waals surface area (Å²) in [6.07, 6.45) is 4.12. The highest BCUT2D eigenvalue weighted by Gasteiger charge is 2.19. The Bertz CT molecular complexity index is 563. The highest BCUT2D eigenvalue weighted by atomic mass is 79.9. The predicted molar refractivity (Wildman–Crippen MR) is 70.5 cm³/mol. The third-order valence-corrected chi connectivity index (χ3v) is 3.51. The third kappa shape index (κ3) is 1.86. The minimum atomic E-state index is 0.340. The molecule has 0 spiro atoms. The Kier molecular flexibility index (Phi) is 2.67. The molecule has 0 radical (unpaired) electrons. The van der Waals surface area contributed by atoms with Gasteiger partial charge in [0.05, 0.1) is 12.2 Å². The zero-order chi connectivity index (χ0) is 11.8. The average Bonchev–Trinajstić information content (AvgIpc) is 2.72. The maximum Gasteiger partial charge on any atom is 0.115 e. The number of aryl methyl sites for hydroxylation is 3. The molecule has 1 aromatic carbocycles. The first kappa shape index (κ1) is 10.8. The molecule has 1 aliphatic carbocycles. The minimum absolute atomic E-state index is 0.340. The number of phenolic OH excluding ortho intramolecular Hbond substituents is 1. The first-order valence-electron chi connectivity index (χ1n) is 5.72. The molecule has 4 heteroatoms. The van der Waals surface area contributed by atoms with Gasteiger partial charge in [-0.1, -0.05) is 15.9 Å². The Morgan fingerprint density at radius 2 is 2.12 bits per heavy atom. The van der Waals surface area contributed by atoms with Crippen molar-refractivity contribution >= 4 is 15.9 Å². The number of rotatable bonds is 2. The van der Waals surface area contributed by atoms with Crippen molar-refractivity contribution in [3.63, 3.8) is 0 Å². The molecule has 1 heterocycles. The summed E-state index contributed by atoms with van der Waals surface area (Å²) in [6.45, 7) is 0.889. The number of aromatic nitrogens is 2. The number of benzene rings is 1. The number of fused-ring (bicyclic) bond motifs is 3. The third-order valence-electron chi connectivity index (χ3n) is 3.16. The molecule has 1 N–H and O–H groups in total. The fourth-order valence-electron chi connectivity index (χ4n) is 2.36. The van der Waals surface area contributed by atoms with Crippen LogP contribution in [0.4, 0.5) is 0 Å². The summed E-state index contributed by atoms with van der Waals surface area (Å²) in [4.78, 5) is 0. The van der Waals surface area contributed by atoms with Gasteiger partial charge in [0.2, 0.25) is 0 Å². The second-order valence-corrected chi connectivity index (χ2v) is 5.09. The number of halogens is 1. The Morgan fingerprint density at radius 1 is 1.29 bits per heavy atom. The molecular formula is C13H13BrN2O. The fraction of sp³-hybridized carbons (Fsp3) is 0.308. The standard InChI is InChI=1S/C13H13BrN2O/c14-5-6-16-8-10-2-1-9-7-11(17)3-4-12(9)13(10)15-16/h3-4,7-8,17H,1-2,5-6H2. The van der Waals surface area contributed by atoms with Gasteiger partial charge < -0.3 is 5.11 Å². The lowest BCUT2D eigenvalue weighted by molar-refractivity contribution is 0.474. The number of nitrogens with zero attached hydrogens (tertiary/aromatic N) is 2. The summed E-state index contributed by atoms with van der Waals surface area (Å²) >= 11 is 3.43. The van der Waals surface area contributed by atoms with Crippen LogP contribution in [-0.4, -0.2) is 20.2 Å². The van der Waals surface area contributed by atoms with E-state index >= 15 is 0 Å². The molecule has 1 aliphatic rings. The first-order chi connectivity index (χ1) is 8.28. The van der Waals surface area contributed by atoms with Gasteiger partial charge in [0, 0.05) is 17.1 Å². The molecule has 0 aliphatic heterocycles. The lowest BCUT2D eigenvalue weighted by atomic mass is 9.90. The van der Waals surface area contributed by atoms with Crippen LogP contribution in [0.25, 0.3) is 11.3 Å². The zero-order valence-corrected chi connectivity index (χ0v) is 10.9. The van der Waals surface area contributed by atoms with Crippen LogP contribution in [0.2, 0.25) is 0 Å². The Morgan fingerprint density at radius 3 is 2.94 bits per heavy atom. The molecule has 88 valence electrons. The quantitative estimate of drug-likeness (QED) is 0.865. The van der Waals surface area contributed by atoms with Crippen LogP contribution >= 0.6 is 15.9 Å². The molecule has 0 saturated heterocycles. The smallest absolute Gasteiger partial charge is 0.115 e. The van der Waals surface area contributed by atoms with E-state index in [0.29, 0.717) is 5.75 Å². The number of hydrogen-bond donors (Lipinski definition) is 1. The second kappa shape index (κ2) is 4.18. The lowest BCUT2D eigenvalue weighted by Crippen LogP contribution is -2.02. The van der Waals surface area contributed by atoms with Crippen molar-refractivity contribution < 1.29 is 5.11 Å². The molecular weight excluding hydrogens is 280 g/mol. The van der Waals surface area contributed by atoms with Crippen molar-refractivity contribution in [1.82, 2.24) is 9.78 Å². The molecule has 0 atom stereocenters. The molecule has 2 aromatic rings. The van der Waals surface area contributed by atoms with E-state index < -0.39 is 0 Å². The molecule has 0 amide bonds. The van der Waals surface area contributed by atoms with Gasteiger partial charge in [0.25, 0.3) is 0 Å². The summed E-state index contributed by atoms with van der Waals surface area (Å²) in [5.41, 5.74) is 4.75. The monoisotopic (exact) mass is 292 g/mol. The van der Waals surface area contributed by atoms with Crippen molar-refractivity contribution in [3.05, 3.63) is 35.5 Å². The molecule has 3 nitrogen and oxygen atoms in total. The summed E-state index contributed by atoms with van der Waals surface area (Å²) in [7, 11) is 0. The zero-order valence-electron chi connectivity index (χ0n) is 9.36. The second-order valence-electron chi connectivity index (χ2n) is 4.30. The lowest BCUT2D eigenvalue weighted by Gasteiger charge is -2.14. The van der Waals surface area contributed by atoms with E-state index in [-0.39, 0.29) is 0 Å². The Hall–Kier alpha value is -1.29. The van der Waals surface area contributed by atoms with Crippen molar-refractivity contribution in [2.24, 2.45) is 0 Å². The van der Waals surface area contributed by atoms with E-state index in [1.54, 1.807) is 6.07 Å². The van der Waals surface area contributed by atoms with Gasteiger partial charge >= 0.3 is 0 Å². The van der Waals surface area contributed by atoms with Crippen LogP contribution in [0.1, 0.15) is 11.1 Å². The van der Waals surface area contributed by atoms with Gasteiger partial charge in [-0.2, -0.15) is 5.10 Å². The Labute approximate surface area is 108 Å². The summed E-state index contributed by atoms with van der Waals surface area (Å²) < 4.78 is 1.99. The van der Waals surface area contributed by atoms with Crippen LogP contribution in [0.5, 0.6) is 5.75 Å². The molecule has 0 unspecified atom stereocenters. The molecule has 0 fully saturated rings. The number of alkyl halides is 1. The van der Waals surface area contributed by atoms with Crippen molar-refractivity contribution in [1.29, 1.82) is 0 Å². The maximum atomic E-state index is 9.49. The molecule has 0 saturated carbocycles. The average molecular weight is 293 g/mol. The molecule has 3 rings (SSSR count). The summed E-state index contributed by atoms with van der Waals surface area (Å²) in [5, 5.41) is 15.0. The van der Waals surface area contributed by atoms with Gasteiger partial charge in [0.15, 0.2) is 0 Å². The van der Waals surface area contributed by atoms with E-state index in [1.165, 1.54) is 11.1 Å². The Balaban J connectivity index is 2.09. The normalized spacial score (nSPS) is 13.2. The fourth-order valence-corrected chi connectivity index (χ4v) is 2.72. The van der Waals surface area contributed by atoms with Crippen molar-refractivity contribution in [2.75, 3.05) is 5.33 Å². The van der Waals surface area contributed by atoms with Crippen molar-refractivity contribution in [2.45, 2.75) is 19.4 Å². The van der Waals surface area contributed by atoms with Crippen molar-refractivity contribution in [3.8, 4) is 17.0 Å². The van der Waals surface area contributed by atoms with E-state index in [9.17, 15) is 5.11 Å². The van der Waals surface area contributed by atoms with Crippen LogP contribution < -0.4 is 0 Å². The highest BCUT2D eigenvalue weighted by molar-refractivity contribution is 9.09. The number of hydrogen-bond acceptors (Lipinski definition) is 2. The van der Waals surface area contributed by atoms with Crippen LogP contribution in [0.15, 0.2) is 24.4 Å². The minimum Gasteiger partial charge on any atom is -0.508 e. The number of aromatic hydroxyl groups is 1. The predicted octanol–water partition coefficient (Wildman–Crippen LogP) is 2.75. The van der Waals surface area contributed by atoms with Gasteiger partial charge in [-0.05, 0) is 42.2 Å². The SMILES string of the molecule is Oc1ccc2c(c1)CCc1cn(CCBr)nc1-2. The van der Waals surface area contributed by atoms with E-state index in [0.717, 1.165) is 36.0 Å². The summed E-state index contributed by atoms with van der Waals surface area (Å²) in [6, 6.07) is 5.55. The largest absolute Gasteiger partial charge is 0.508 e. The number of phenols is 1.